The first-order valence-corrected chi connectivity index (χ1v) is 6.40. The van der Waals surface area contributed by atoms with Crippen LogP contribution in [0.5, 0.6) is 0 Å². The van der Waals surface area contributed by atoms with Crippen LogP contribution in [0.1, 0.15) is 20.8 Å². The molecule has 19 heavy (non-hydrogen) atoms. The highest BCUT2D eigenvalue weighted by molar-refractivity contribution is 7.14. The van der Waals surface area contributed by atoms with Gasteiger partial charge in [-0.1, -0.05) is 0 Å². The molecule has 0 aliphatic rings. The second-order valence-corrected chi connectivity index (χ2v) is 4.68. The fraction of sp³-hybridized carbons (Fsp3) is 0.182. The van der Waals surface area contributed by atoms with Crippen LogP contribution in [0.4, 0.5) is 5.00 Å². The van der Waals surface area contributed by atoms with Crippen LogP contribution in [-0.4, -0.2) is 27.9 Å². The number of rotatable bonds is 5. The molecule has 2 aromatic rings. The summed E-state index contributed by atoms with van der Waals surface area (Å²) in [4.78, 5) is 27.0. The molecule has 8 heteroatoms. The average molecular weight is 279 g/mol. The number of thiophene rings is 1. The Morgan fingerprint density at radius 2 is 2.26 bits per heavy atom. The van der Waals surface area contributed by atoms with Gasteiger partial charge in [0.05, 0.1) is 11.9 Å². The number of carbonyl (C=O) groups excluding carboxylic acids is 2. The minimum Gasteiger partial charge on any atom is -0.366 e. The zero-order chi connectivity index (χ0) is 13.8. The molecule has 2 amide bonds. The van der Waals surface area contributed by atoms with E-state index in [-0.39, 0.29) is 11.6 Å². The maximum Gasteiger partial charge on any atom is 0.276 e. The normalized spacial score (nSPS) is 10.4. The van der Waals surface area contributed by atoms with E-state index in [4.69, 9.17) is 11.5 Å². The van der Waals surface area contributed by atoms with Crippen molar-refractivity contribution in [2.45, 2.75) is 6.54 Å². The van der Waals surface area contributed by atoms with E-state index in [0.29, 0.717) is 23.7 Å². The van der Waals surface area contributed by atoms with E-state index in [1.165, 1.54) is 17.7 Å². The minimum absolute atomic E-state index is 0.261. The molecule has 0 saturated carbocycles. The first-order chi connectivity index (χ1) is 9.11. The molecule has 0 fully saturated rings. The van der Waals surface area contributed by atoms with E-state index in [1.807, 2.05) is 0 Å². The van der Waals surface area contributed by atoms with Crippen molar-refractivity contribution < 1.29 is 9.59 Å². The number of imidazole rings is 1. The number of anilines is 1. The maximum atomic E-state index is 11.9. The van der Waals surface area contributed by atoms with E-state index in [0.717, 1.165) is 0 Å². The van der Waals surface area contributed by atoms with Crippen molar-refractivity contribution in [1.29, 1.82) is 0 Å². The van der Waals surface area contributed by atoms with Crippen molar-refractivity contribution in [3.8, 4) is 0 Å². The Morgan fingerprint density at radius 3 is 2.95 bits per heavy atom. The first-order valence-electron chi connectivity index (χ1n) is 5.52. The Hall–Kier alpha value is -2.19. The predicted molar refractivity (Wildman–Crippen MR) is 72.1 cm³/mol. The SMILES string of the molecule is NCCn1cnc(C(=O)Nc2sccc2C(N)=O)c1. The number of primary amides is 1. The molecular weight excluding hydrogens is 266 g/mol. The third-order valence-corrected chi connectivity index (χ3v) is 3.24. The summed E-state index contributed by atoms with van der Waals surface area (Å²) in [6.45, 7) is 1.06. The molecule has 0 bridgehead atoms. The second kappa shape index (κ2) is 5.63. The third kappa shape index (κ3) is 2.98. The van der Waals surface area contributed by atoms with Gasteiger partial charge in [-0.2, -0.15) is 0 Å². The van der Waals surface area contributed by atoms with Gasteiger partial charge in [-0.15, -0.1) is 11.3 Å². The molecule has 5 N–H and O–H groups in total. The lowest BCUT2D eigenvalue weighted by Crippen LogP contribution is -2.16. The Morgan fingerprint density at radius 1 is 1.47 bits per heavy atom. The maximum absolute atomic E-state index is 11.9. The molecule has 0 aliphatic heterocycles. The fourth-order valence-corrected chi connectivity index (χ4v) is 2.30. The molecule has 0 radical (unpaired) electrons. The summed E-state index contributed by atoms with van der Waals surface area (Å²) >= 11 is 1.23. The molecule has 0 aliphatic carbocycles. The van der Waals surface area contributed by atoms with Gasteiger partial charge >= 0.3 is 0 Å². The number of hydrogen-bond donors (Lipinski definition) is 3. The molecule has 2 rings (SSSR count). The molecule has 0 aromatic carbocycles. The Kier molecular flexibility index (Phi) is 3.93. The van der Waals surface area contributed by atoms with E-state index >= 15 is 0 Å². The van der Waals surface area contributed by atoms with Crippen LogP contribution in [-0.2, 0) is 6.54 Å². The molecule has 2 aromatic heterocycles. The Balaban J connectivity index is 2.11. The van der Waals surface area contributed by atoms with Gasteiger partial charge in [-0.3, -0.25) is 9.59 Å². The van der Waals surface area contributed by atoms with Gasteiger partial charge < -0.3 is 21.4 Å². The number of nitrogens with two attached hydrogens (primary N) is 2. The third-order valence-electron chi connectivity index (χ3n) is 2.41. The zero-order valence-electron chi connectivity index (χ0n) is 10.00. The smallest absolute Gasteiger partial charge is 0.276 e. The van der Waals surface area contributed by atoms with Gasteiger partial charge in [0.2, 0.25) is 0 Å². The van der Waals surface area contributed by atoms with Crippen molar-refractivity contribution in [3.63, 3.8) is 0 Å². The zero-order valence-corrected chi connectivity index (χ0v) is 10.8. The summed E-state index contributed by atoms with van der Waals surface area (Å²) in [5.41, 5.74) is 11.2. The number of carbonyl (C=O) groups is 2. The van der Waals surface area contributed by atoms with Gasteiger partial charge in [-0.05, 0) is 11.4 Å². The van der Waals surface area contributed by atoms with Gasteiger partial charge in [0, 0.05) is 19.3 Å². The highest BCUT2D eigenvalue weighted by Crippen LogP contribution is 2.23. The minimum atomic E-state index is -0.579. The lowest BCUT2D eigenvalue weighted by molar-refractivity contribution is 0.100. The topological polar surface area (TPSA) is 116 Å². The molecule has 2 heterocycles. The summed E-state index contributed by atoms with van der Waals surface area (Å²) in [6, 6.07) is 1.57. The molecule has 100 valence electrons. The van der Waals surface area contributed by atoms with E-state index in [9.17, 15) is 9.59 Å². The summed E-state index contributed by atoms with van der Waals surface area (Å²) in [5.74, 6) is -0.967. The highest BCUT2D eigenvalue weighted by Gasteiger charge is 2.15. The number of nitrogens with one attached hydrogen (secondary N) is 1. The number of hydrogen-bond acceptors (Lipinski definition) is 5. The average Bonchev–Trinajstić information content (AvgIpc) is 2.98. The molecule has 7 nitrogen and oxygen atoms in total. The molecule has 0 saturated heterocycles. The first kappa shape index (κ1) is 13.2. The van der Waals surface area contributed by atoms with Crippen LogP contribution in [0, 0.1) is 0 Å². The van der Waals surface area contributed by atoms with Crippen LogP contribution in [0.3, 0.4) is 0 Å². The lowest BCUT2D eigenvalue weighted by Gasteiger charge is -2.02. The van der Waals surface area contributed by atoms with Crippen LogP contribution in [0.2, 0.25) is 0 Å². The summed E-state index contributed by atoms with van der Waals surface area (Å²) in [7, 11) is 0. The number of amides is 2. The largest absolute Gasteiger partial charge is 0.366 e. The molecule has 0 spiro atoms. The van der Waals surface area contributed by atoms with Crippen molar-refractivity contribution in [2.75, 3.05) is 11.9 Å². The van der Waals surface area contributed by atoms with Crippen molar-refractivity contribution >= 4 is 28.2 Å². The Labute approximate surface area is 113 Å². The van der Waals surface area contributed by atoms with Crippen LogP contribution < -0.4 is 16.8 Å². The predicted octanol–water partition coefficient (Wildman–Crippen LogP) is 0.254. The van der Waals surface area contributed by atoms with Gasteiger partial charge in [-0.25, -0.2) is 4.98 Å². The monoisotopic (exact) mass is 279 g/mol. The Bertz CT molecular complexity index is 604. The van der Waals surface area contributed by atoms with Crippen molar-refractivity contribution in [2.24, 2.45) is 11.5 Å². The van der Waals surface area contributed by atoms with Crippen molar-refractivity contribution in [1.82, 2.24) is 9.55 Å². The van der Waals surface area contributed by atoms with Gasteiger partial charge in [0.25, 0.3) is 11.8 Å². The molecule has 0 unspecified atom stereocenters. The fourth-order valence-electron chi connectivity index (χ4n) is 1.52. The molecule has 0 atom stereocenters. The lowest BCUT2D eigenvalue weighted by atomic mass is 10.3. The van der Waals surface area contributed by atoms with E-state index in [1.54, 1.807) is 22.2 Å². The molecular formula is C11H13N5O2S. The standard InChI is InChI=1S/C11H13N5O2S/c12-2-3-16-5-8(14-6-16)10(18)15-11-7(9(13)17)1-4-19-11/h1,4-6H,2-3,12H2,(H2,13,17)(H,15,18). The number of nitrogens with zero attached hydrogens (tertiary/aromatic N) is 2. The summed E-state index contributed by atoms with van der Waals surface area (Å²) < 4.78 is 1.72. The van der Waals surface area contributed by atoms with Crippen LogP contribution in [0.15, 0.2) is 24.0 Å². The van der Waals surface area contributed by atoms with Gasteiger partial charge in [0.15, 0.2) is 0 Å². The highest BCUT2D eigenvalue weighted by atomic mass is 32.1. The number of aromatic nitrogens is 2. The second-order valence-electron chi connectivity index (χ2n) is 3.77. The summed E-state index contributed by atoms with van der Waals surface area (Å²) in [6.07, 6.45) is 3.13. The van der Waals surface area contributed by atoms with Crippen molar-refractivity contribution in [3.05, 3.63) is 35.2 Å². The van der Waals surface area contributed by atoms with E-state index < -0.39 is 5.91 Å². The van der Waals surface area contributed by atoms with Gasteiger partial charge in [0.1, 0.15) is 10.7 Å². The van der Waals surface area contributed by atoms with Crippen LogP contribution in [0.25, 0.3) is 0 Å². The quantitative estimate of drug-likeness (QED) is 0.727. The van der Waals surface area contributed by atoms with Crippen LogP contribution >= 0.6 is 11.3 Å². The summed E-state index contributed by atoms with van der Waals surface area (Å²) in [5, 5.41) is 4.72. The van der Waals surface area contributed by atoms with E-state index in [2.05, 4.69) is 10.3 Å².